The Balaban J connectivity index is 1.99. The summed E-state index contributed by atoms with van der Waals surface area (Å²) in [7, 11) is 1.62. The van der Waals surface area contributed by atoms with Gasteiger partial charge in [-0.1, -0.05) is 12.5 Å². The highest BCUT2D eigenvalue weighted by Crippen LogP contribution is 2.25. The lowest BCUT2D eigenvalue weighted by molar-refractivity contribution is -0.118. The van der Waals surface area contributed by atoms with E-state index in [1.54, 1.807) is 7.11 Å². The van der Waals surface area contributed by atoms with Crippen LogP contribution in [0.15, 0.2) is 18.2 Å². The summed E-state index contributed by atoms with van der Waals surface area (Å²) in [6.07, 6.45) is 3.64. The number of carbonyl (C=O) groups is 1. The zero-order chi connectivity index (χ0) is 14.5. The minimum Gasteiger partial charge on any atom is -0.495 e. The molecule has 2 rings (SSSR count). The van der Waals surface area contributed by atoms with E-state index in [1.165, 1.54) is 19.3 Å². The highest BCUT2D eigenvalue weighted by atomic mass is 16.5. The zero-order valence-electron chi connectivity index (χ0n) is 12.6. The Morgan fingerprint density at radius 3 is 2.95 bits per heavy atom. The van der Waals surface area contributed by atoms with E-state index in [0.29, 0.717) is 18.3 Å². The maximum absolute atomic E-state index is 12.2. The fourth-order valence-corrected chi connectivity index (χ4v) is 2.69. The number of benzene rings is 1. The van der Waals surface area contributed by atoms with E-state index in [0.717, 1.165) is 17.8 Å². The molecule has 20 heavy (non-hydrogen) atoms. The third kappa shape index (κ3) is 3.73. The molecule has 110 valence electrons. The van der Waals surface area contributed by atoms with Gasteiger partial charge >= 0.3 is 0 Å². The quantitative estimate of drug-likeness (QED) is 0.919. The summed E-state index contributed by atoms with van der Waals surface area (Å²) in [5, 5.41) is 2.96. The third-order valence-corrected chi connectivity index (χ3v) is 3.92. The minimum absolute atomic E-state index is 0.0302. The average molecular weight is 276 g/mol. The molecule has 1 amide bonds. The fourth-order valence-electron chi connectivity index (χ4n) is 2.69. The zero-order valence-corrected chi connectivity index (χ0v) is 12.6. The summed E-state index contributed by atoms with van der Waals surface area (Å²) < 4.78 is 5.28. The summed E-state index contributed by atoms with van der Waals surface area (Å²) in [6.45, 7) is 5.67. The number of carbonyl (C=O) groups excluding carboxylic acids is 1. The van der Waals surface area contributed by atoms with Crippen LogP contribution in [0.2, 0.25) is 0 Å². The number of rotatable bonds is 4. The molecule has 0 bridgehead atoms. The van der Waals surface area contributed by atoms with E-state index in [9.17, 15) is 4.79 Å². The molecule has 0 aliphatic carbocycles. The second kappa shape index (κ2) is 6.75. The van der Waals surface area contributed by atoms with Crippen LogP contribution < -0.4 is 10.1 Å². The number of hydrogen-bond acceptors (Lipinski definition) is 3. The van der Waals surface area contributed by atoms with Crippen LogP contribution in [-0.2, 0) is 4.79 Å². The number of methoxy groups -OCH3 is 1. The van der Waals surface area contributed by atoms with Gasteiger partial charge in [-0.3, -0.25) is 9.69 Å². The van der Waals surface area contributed by atoms with Gasteiger partial charge in [-0.2, -0.15) is 0 Å². The highest BCUT2D eigenvalue weighted by molar-refractivity contribution is 5.93. The van der Waals surface area contributed by atoms with Crippen LogP contribution in [0, 0.1) is 6.92 Å². The largest absolute Gasteiger partial charge is 0.495 e. The number of anilines is 1. The van der Waals surface area contributed by atoms with E-state index < -0.39 is 0 Å². The number of ether oxygens (including phenoxy) is 1. The topological polar surface area (TPSA) is 41.6 Å². The van der Waals surface area contributed by atoms with Gasteiger partial charge in [0.1, 0.15) is 5.75 Å². The Labute approximate surface area is 121 Å². The number of nitrogens with one attached hydrogen (secondary N) is 1. The van der Waals surface area contributed by atoms with Crippen LogP contribution in [0.5, 0.6) is 5.75 Å². The molecule has 1 aromatic carbocycles. The first-order chi connectivity index (χ1) is 9.60. The average Bonchev–Trinajstić information content (AvgIpc) is 2.41. The first-order valence-electron chi connectivity index (χ1n) is 7.28. The van der Waals surface area contributed by atoms with Crippen LogP contribution in [0.25, 0.3) is 0 Å². The van der Waals surface area contributed by atoms with Gasteiger partial charge in [-0.15, -0.1) is 0 Å². The van der Waals surface area contributed by atoms with Gasteiger partial charge in [0, 0.05) is 6.04 Å². The van der Waals surface area contributed by atoms with Gasteiger partial charge in [-0.25, -0.2) is 0 Å². The van der Waals surface area contributed by atoms with Crippen molar-refractivity contribution in [2.75, 3.05) is 25.5 Å². The molecular weight excluding hydrogens is 252 g/mol. The van der Waals surface area contributed by atoms with E-state index in [4.69, 9.17) is 4.74 Å². The van der Waals surface area contributed by atoms with Crippen LogP contribution in [0.4, 0.5) is 5.69 Å². The van der Waals surface area contributed by atoms with Gasteiger partial charge in [0.05, 0.1) is 19.3 Å². The molecule has 4 nitrogen and oxygen atoms in total. The minimum atomic E-state index is 0.0302. The van der Waals surface area contributed by atoms with Gasteiger partial charge in [0.25, 0.3) is 0 Å². The molecule has 1 aliphatic heterocycles. The van der Waals surface area contributed by atoms with Crippen molar-refractivity contribution < 1.29 is 9.53 Å². The molecule has 1 aliphatic rings. The maximum Gasteiger partial charge on any atom is 0.238 e. The van der Waals surface area contributed by atoms with Crippen LogP contribution >= 0.6 is 0 Å². The standard InChI is InChI=1S/C16H24N2O2/c1-12-7-8-15(20-3)14(10-12)17-16(19)11-18-9-5-4-6-13(18)2/h7-8,10,13H,4-6,9,11H2,1-3H3,(H,17,19)/t13-/m1/s1. The third-order valence-electron chi connectivity index (χ3n) is 3.92. The van der Waals surface area contributed by atoms with Crippen molar-refractivity contribution in [1.29, 1.82) is 0 Å². The van der Waals surface area contributed by atoms with Crippen LogP contribution in [-0.4, -0.2) is 37.0 Å². The Hall–Kier alpha value is -1.55. The Bertz CT molecular complexity index is 474. The Morgan fingerprint density at radius 1 is 1.45 bits per heavy atom. The van der Waals surface area contributed by atoms with E-state index in [2.05, 4.69) is 17.1 Å². The van der Waals surface area contributed by atoms with E-state index in [-0.39, 0.29) is 5.91 Å². The van der Waals surface area contributed by atoms with Crippen molar-refractivity contribution in [2.24, 2.45) is 0 Å². The first-order valence-corrected chi connectivity index (χ1v) is 7.28. The smallest absolute Gasteiger partial charge is 0.238 e. The number of nitrogens with zero attached hydrogens (tertiary/aromatic N) is 1. The van der Waals surface area contributed by atoms with Gasteiger partial charge < -0.3 is 10.1 Å². The molecule has 0 radical (unpaired) electrons. The lowest BCUT2D eigenvalue weighted by Gasteiger charge is -2.32. The fraction of sp³-hybridized carbons (Fsp3) is 0.562. The summed E-state index contributed by atoms with van der Waals surface area (Å²) >= 11 is 0. The molecular formula is C16H24N2O2. The van der Waals surface area contributed by atoms with Crippen molar-refractivity contribution in [3.05, 3.63) is 23.8 Å². The molecule has 1 N–H and O–H groups in total. The van der Waals surface area contributed by atoms with E-state index >= 15 is 0 Å². The predicted molar refractivity (Wildman–Crippen MR) is 81.2 cm³/mol. The lowest BCUT2D eigenvalue weighted by Crippen LogP contribution is -2.42. The molecule has 0 unspecified atom stereocenters. The van der Waals surface area contributed by atoms with Crippen molar-refractivity contribution in [2.45, 2.75) is 39.2 Å². The number of likely N-dealkylation sites (tertiary alicyclic amines) is 1. The summed E-state index contributed by atoms with van der Waals surface area (Å²) in [4.78, 5) is 14.4. The highest BCUT2D eigenvalue weighted by Gasteiger charge is 2.20. The Kier molecular flexibility index (Phi) is 5.01. The number of hydrogen-bond donors (Lipinski definition) is 1. The predicted octanol–water partition coefficient (Wildman–Crippen LogP) is 2.82. The summed E-state index contributed by atoms with van der Waals surface area (Å²) in [6, 6.07) is 6.29. The van der Waals surface area contributed by atoms with Crippen LogP contribution in [0.1, 0.15) is 31.7 Å². The molecule has 0 saturated carbocycles. The molecule has 1 aromatic rings. The number of aryl methyl sites for hydroxylation is 1. The monoisotopic (exact) mass is 276 g/mol. The number of piperidine rings is 1. The maximum atomic E-state index is 12.2. The SMILES string of the molecule is COc1ccc(C)cc1NC(=O)CN1CCCC[C@H]1C. The molecule has 0 aromatic heterocycles. The van der Waals surface area contributed by atoms with Crippen LogP contribution in [0.3, 0.4) is 0 Å². The summed E-state index contributed by atoms with van der Waals surface area (Å²) in [5.74, 6) is 0.735. The normalized spacial score (nSPS) is 19.6. The molecule has 1 saturated heterocycles. The molecule has 1 atom stereocenters. The lowest BCUT2D eigenvalue weighted by atomic mass is 10.0. The van der Waals surface area contributed by atoms with Crippen molar-refractivity contribution in [3.8, 4) is 5.75 Å². The van der Waals surface area contributed by atoms with Crippen molar-refractivity contribution in [1.82, 2.24) is 4.90 Å². The van der Waals surface area contributed by atoms with Crippen molar-refractivity contribution in [3.63, 3.8) is 0 Å². The van der Waals surface area contributed by atoms with Gasteiger partial charge in [0.2, 0.25) is 5.91 Å². The Morgan fingerprint density at radius 2 is 2.25 bits per heavy atom. The molecule has 0 spiro atoms. The second-order valence-corrected chi connectivity index (χ2v) is 5.57. The molecule has 4 heteroatoms. The van der Waals surface area contributed by atoms with Crippen molar-refractivity contribution >= 4 is 11.6 Å². The van der Waals surface area contributed by atoms with Gasteiger partial charge in [-0.05, 0) is 50.9 Å². The van der Waals surface area contributed by atoms with Gasteiger partial charge in [0.15, 0.2) is 0 Å². The molecule has 1 fully saturated rings. The molecule has 1 heterocycles. The number of amides is 1. The second-order valence-electron chi connectivity index (χ2n) is 5.57. The summed E-state index contributed by atoms with van der Waals surface area (Å²) in [5.41, 5.74) is 1.86. The first kappa shape index (κ1) is 14.9. The van der Waals surface area contributed by atoms with E-state index in [1.807, 2.05) is 25.1 Å².